The molecule has 0 spiro atoms. The second-order valence-electron chi connectivity index (χ2n) is 7.73. The predicted octanol–water partition coefficient (Wildman–Crippen LogP) is 2.21. The molecule has 0 bridgehead atoms. The minimum Gasteiger partial charge on any atom is -0.497 e. The van der Waals surface area contributed by atoms with Crippen LogP contribution in [0.4, 0.5) is 4.79 Å². The van der Waals surface area contributed by atoms with Crippen LogP contribution in [0.15, 0.2) is 54.6 Å². The highest BCUT2D eigenvalue weighted by atomic mass is 16.5. The van der Waals surface area contributed by atoms with Crippen LogP contribution < -0.4 is 10.1 Å². The molecule has 1 aliphatic heterocycles. The standard InChI is InChI=1S/C24H30N4O4/c1-26(18-19-6-4-3-5-7-19)24(31)25-13-12-22(29)27-14-16-28(17-15-27)23(30)20-8-10-21(32-2)11-9-20/h3-11H,12-18H2,1-2H3,(H,25,31). The van der Waals surface area contributed by atoms with Crippen LogP contribution in [0.5, 0.6) is 5.75 Å². The highest BCUT2D eigenvalue weighted by molar-refractivity contribution is 5.94. The lowest BCUT2D eigenvalue weighted by Crippen LogP contribution is -2.51. The van der Waals surface area contributed by atoms with Gasteiger partial charge in [-0.1, -0.05) is 30.3 Å². The molecule has 0 radical (unpaired) electrons. The smallest absolute Gasteiger partial charge is 0.317 e. The van der Waals surface area contributed by atoms with Gasteiger partial charge in [0, 0.05) is 58.3 Å². The SMILES string of the molecule is COc1ccc(C(=O)N2CCN(C(=O)CCNC(=O)N(C)Cc3ccccc3)CC2)cc1. The summed E-state index contributed by atoms with van der Waals surface area (Å²) in [7, 11) is 3.31. The third-order valence-corrected chi connectivity index (χ3v) is 5.48. The van der Waals surface area contributed by atoms with Gasteiger partial charge < -0.3 is 24.8 Å². The number of hydrogen-bond acceptors (Lipinski definition) is 4. The van der Waals surface area contributed by atoms with Gasteiger partial charge in [0.05, 0.1) is 7.11 Å². The van der Waals surface area contributed by atoms with Gasteiger partial charge in [0.15, 0.2) is 0 Å². The Kier molecular flexibility index (Phi) is 8.08. The molecule has 1 saturated heterocycles. The Morgan fingerprint density at radius 1 is 0.938 bits per heavy atom. The van der Waals surface area contributed by atoms with E-state index in [1.165, 1.54) is 0 Å². The number of nitrogens with zero attached hydrogens (tertiary/aromatic N) is 3. The lowest BCUT2D eigenvalue weighted by Gasteiger charge is -2.35. The largest absolute Gasteiger partial charge is 0.497 e. The molecule has 4 amide bonds. The predicted molar refractivity (Wildman–Crippen MR) is 121 cm³/mol. The maximum Gasteiger partial charge on any atom is 0.317 e. The number of piperazine rings is 1. The number of urea groups is 1. The molecule has 1 heterocycles. The third-order valence-electron chi connectivity index (χ3n) is 5.48. The highest BCUT2D eigenvalue weighted by Crippen LogP contribution is 2.14. The molecule has 0 atom stereocenters. The zero-order valence-electron chi connectivity index (χ0n) is 18.6. The third kappa shape index (κ3) is 6.23. The molecule has 1 fully saturated rings. The molecule has 0 aromatic heterocycles. The van der Waals surface area contributed by atoms with Crippen molar-refractivity contribution < 1.29 is 19.1 Å². The monoisotopic (exact) mass is 438 g/mol. The number of amides is 4. The lowest BCUT2D eigenvalue weighted by molar-refractivity contribution is -0.132. The van der Waals surface area contributed by atoms with Crippen LogP contribution in [0.2, 0.25) is 0 Å². The summed E-state index contributed by atoms with van der Waals surface area (Å²) < 4.78 is 5.12. The molecule has 32 heavy (non-hydrogen) atoms. The van der Waals surface area contributed by atoms with E-state index in [4.69, 9.17) is 4.74 Å². The van der Waals surface area contributed by atoms with E-state index in [0.29, 0.717) is 44.0 Å². The number of ether oxygens (including phenoxy) is 1. The van der Waals surface area contributed by atoms with Crippen molar-refractivity contribution in [1.29, 1.82) is 0 Å². The van der Waals surface area contributed by atoms with Crippen LogP contribution in [-0.4, -0.2) is 79.4 Å². The van der Waals surface area contributed by atoms with Gasteiger partial charge in [0.2, 0.25) is 5.91 Å². The summed E-state index contributed by atoms with van der Waals surface area (Å²) in [5.74, 6) is 0.636. The van der Waals surface area contributed by atoms with Gasteiger partial charge in [-0.3, -0.25) is 9.59 Å². The minimum atomic E-state index is -0.212. The number of rotatable bonds is 7. The van der Waals surface area contributed by atoms with Crippen LogP contribution in [0.3, 0.4) is 0 Å². The topological polar surface area (TPSA) is 82.2 Å². The van der Waals surface area contributed by atoms with Crippen LogP contribution in [0, 0.1) is 0 Å². The first-order valence-electron chi connectivity index (χ1n) is 10.7. The fourth-order valence-corrected chi connectivity index (χ4v) is 3.57. The van der Waals surface area contributed by atoms with E-state index in [9.17, 15) is 14.4 Å². The molecule has 2 aromatic carbocycles. The van der Waals surface area contributed by atoms with Crippen molar-refractivity contribution in [3.8, 4) is 5.75 Å². The van der Waals surface area contributed by atoms with E-state index in [1.54, 1.807) is 53.1 Å². The Bertz CT molecular complexity index is 909. The Morgan fingerprint density at radius 3 is 2.19 bits per heavy atom. The van der Waals surface area contributed by atoms with Crippen molar-refractivity contribution in [2.75, 3.05) is 46.9 Å². The number of carbonyl (C=O) groups is 3. The molecule has 0 saturated carbocycles. The zero-order valence-corrected chi connectivity index (χ0v) is 18.6. The van der Waals surface area contributed by atoms with E-state index < -0.39 is 0 Å². The molecule has 8 heteroatoms. The van der Waals surface area contributed by atoms with Gasteiger partial charge in [0.1, 0.15) is 5.75 Å². The average molecular weight is 439 g/mol. The van der Waals surface area contributed by atoms with E-state index >= 15 is 0 Å². The van der Waals surface area contributed by atoms with Gasteiger partial charge in [0.25, 0.3) is 5.91 Å². The van der Waals surface area contributed by atoms with Crippen molar-refractivity contribution in [3.63, 3.8) is 0 Å². The Balaban J connectivity index is 1.37. The first-order chi connectivity index (χ1) is 15.5. The maximum absolute atomic E-state index is 12.6. The Morgan fingerprint density at radius 2 is 1.56 bits per heavy atom. The highest BCUT2D eigenvalue weighted by Gasteiger charge is 2.24. The second-order valence-corrected chi connectivity index (χ2v) is 7.73. The van der Waals surface area contributed by atoms with Crippen LogP contribution in [0.1, 0.15) is 22.3 Å². The molecule has 0 unspecified atom stereocenters. The van der Waals surface area contributed by atoms with Crippen molar-refractivity contribution in [3.05, 3.63) is 65.7 Å². The molecule has 1 N–H and O–H groups in total. The van der Waals surface area contributed by atoms with Crippen molar-refractivity contribution in [2.24, 2.45) is 0 Å². The molecule has 3 rings (SSSR count). The number of methoxy groups -OCH3 is 1. The summed E-state index contributed by atoms with van der Waals surface area (Å²) in [6.07, 6.45) is 0.233. The van der Waals surface area contributed by atoms with Crippen LogP contribution >= 0.6 is 0 Å². The Labute approximate surface area is 188 Å². The number of carbonyl (C=O) groups excluding carboxylic acids is 3. The van der Waals surface area contributed by atoms with Crippen molar-refractivity contribution in [2.45, 2.75) is 13.0 Å². The van der Waals surface area contributed by atoms with Gasteiger partial charge in [-0.15, -0.1) is 0 Å². The molecule has 170 valence electrons. The van der Waals surface area contributed by atoms with Crippen LogP contribution in [0.25, 0.3) is 0 Å². The average Bonchev–Trinajstić information content (AvgIpc) is 2.84. The summed E-state index contributed by atoms with van der Waals surface area (Å²) in [6.45, 7) is 2.74. The molecule has 8 nitrogen and oxygen atoms in total. The molecule has 2 aromatic rings. The first-order valence-corrected chi connectivity index (χ1v) is 10.7. The van der Waals surface area contributed by atoms with E-state index in [-0.39, 0.29) is 30.8 Å². The Hall–Kier alpha value is -3.55. The molecular weight excluding hydrogens is 408 g/mol. The van der Waals surface area contributed by atoms with Crippen molar-refractivity contribution in [1.82, 2.24) is 20.0 Å². The number of benzene rings is 2. The van der Waals surface area contributed by atoms with E-state index in [2.05, 4.69) is 5.32 Å². The quantitative estimate of drug-likeness (QED) is 0.719. The minimum absolute atomic E-state index is 0.0208. The molecule has 0 aliphatic carbocycles. The van der Waals surface area contributed by atoms with Crippen LogP contribution in [-0.2, 0) is 11.3 Å². The van der Waals surface area contributed by atoms with Gasteiger partial charge in [-0.25, -0.2) is 4.79 Å². The summed E-state index contributed by atoms with van der Waals surface area (Å²) >= 11 is 0. The van der Waals surface area contributed by atoms with Gasteiger partial charge >= 0.3 is 6.03 Å². The summed E-state index contributed by atoms with van der Waals surface area (Å²) in [5.41, 5.74) is 1.65. The van der Waals surface area contributed by atoms with Crippen molar-refractivity contribution >= 4 is 17.8 Å². The lowest BCUT2D eigenvalue weighted by atomic mass is 10.1. The normalized spacial score (nSPS) is 13.4. The summed E-state index contributed by atoms with van der Waals surface area (Å²) in [6, 6.07) is 16.5. The van der Waals surface area contributed by atoms with Gasteiger partial charge in [-0.2, -0.15) is 0 Å². The van der Waals surface area contributed by atoms with E-state index in [1.807, 2.05) is 30.3 Å². The fourth-order valence-electron chi connectivity index (χ4n) is 3.57. The zero-order chi connectivity index (χ0) is 22.9. The first kappa shape index (κ1) is 23.1. The maximum atomic E-state index is 12.6. The van der Waals surface area contributed by atoms with E-state index in [0.717, 1.165) is 5.56 Å². The number of hydrogen-bond donors (Lipinski definition) is 1. The second kappa shape index (κ2) is 11.2. The van der Waals surface area contributed by atoms with Gasteiger partial charge in [-0.05, 0) is 29.8 Å². The molecule has 1 aliphatic rings. The molecular formula is C24H30N4O4. The fraction of sp³-hybridized carbons (Fsp3) is 0.375. The summed E-state index contributed by atoms with van der Waals surface area (Å²) in [5, 5.41) is 2.80. The number of nitrogens with one attached hydrogen (secondary N) is 1. The summed E-state index contributed by atoms with van der Waals surface area (Å²) in [4.78, 5) is 42.5.